The molecule has 2 aliphatic rings. The minimum atomic E-state index is -5.10. The van der Waals surface area contributed by atoms with E-state index in [9.17, 15) is 74.8 Å². The molecule has 0 spiro atoms. The summed E-state index contributed by atoms with van der Waals surface area (Å²) >= 11 is 0. The number of hydrogen-bond donors (Lipinski definition) is 6. The van der Waals surface area contributed by atoms with E-state index in [2.05, 4.69) is 0 Å². The van der Waals surface area contributed by atoms with E-state index in [0.717, 1.165) is 6.07 Å². The number of rotatable bonds is 25. The highest BCUT2D eigenvalue weighted by Crippen LogP contribution is 2.55. The molecule has 410 valence electrons. The topological polar surface area (TPSA) is 334 Å². The van der Waals surface area contributed by atoms with Gasteiger partial charge in [-0.05, 0) is 110 Å². The summed E-state index contributed by atoms with van der Waals surface area (Å²) in [5.74, 6) is -1.65. The van der Waals surface area contributed by atoms with E-state index in [0.29, 0.717) is 79.2 Å². The van der Waals surface area contributed by atoms with Gasteiger partial charge in [0.25, 0.3) is 50.6 Å². The van der Waals surface area contributed by atoms with E-state index in [1.54, 1.807) is 55.5 Å². The predicted molar refractivity (Wildman–Crippen MR) is 281 cm³/mol. The van der Waals surface area contributed by atoms with Crippen LogP contribution in [0.5, 0.6) is 0 Å². The number of likely N-dealkylation sites (N-methyl/N-ethyl adjacent to an activating group) is 1. The van der Waals surface area contributed by atoms with Gasteiger partial charge in [-0.25, -0.2) is 0 Å². The Hall–Kier alpha value is -5.10. The van der Waals surface area contributed by atoms with Crippen LogP contribution in [-0.4, -0.2) is 128 Å². The van der Waals surface area contributed by atoms with Gasteiger partial charge in [-0.2, -0.15) is 42.1 Å². The monoisotopic (exact) mass is 1140 g/mol. The maximum Gasteiger partial charge on any atom is 0.303 e. The Morgan fingerprint density at radius 2 is 1.20 bits per heavy atom. The van der Waals surface area contributed by atoms with E-state index in [1.165, 1.54) is 25.3 Å². The number of carbonyl (C=O) groups is 1. The average Bonchev–Trinajstić information content (AvgIpc) is 3.68. The second kappa shape index (κ2) is 22.9. The molecule has 0 aliphatic carbocycles. The van der Waals surface area contributed by atoms with Crippen LogP contribution in [0.25, 0.3) is 21.5 Å². The molecule has 6 N–H and O–H groups in total. The fourth-order valence-electron chi connectivity index (χ4n) is 10.4. The normalized spacial score (nSPS) is 20.2. The van der Waals surface area contributed by atoms with Crippen LogP contribution in [0.1, 0.15) is 76.8 Å². The largest absolute Gasteiger partial charge is 0.481 e. The third kappa shape index (κ3) is 13.2. The molecular formula is C49H60N2O19S5. The Morgan fingerprint density at radius 1 is 0.640 bits per heavy atom. The van der Waals surface area contributed by atoms with Gasteiger partial charge < -0.3 is 24.4 Å². The zero-order valence-electron chi connectivity index (χ0n) is 41.4. The van der Waals surface area contributed by atoms with E-state index in [4.69, 9.17) is 9.47 Å². The van der Waals surface area contributed by atoms with Crippen molar-refractivity contribution in [1.29, 1.82) is 0 Å². The van der Waals surface area contributed by atoms with Gasteiger partial charge in [-0.15, -0.1) is 0 Å². The SMILES string of the molecule is CCN1c2ccc3c(S(=O)(=O)O)cc(S(=O)(=O)O)cc3c2C(C)(CCOCCOC)C1C=CC=CC=CC=C1N(CCCCCC(=O)O)c2ccc3c(S(=O)(=O)O)cc(S(=O)(=O)O)cc3c2C1(C)CCCS(=O)(=O)O. The lowest BCUT2D eigenvalue weighted by Crippen LogP contribution is -2.42. The van der Waals surface area contributed by atoms with Gasteiger partial charge >= 0.3 is 5.97 Å². The second-order valence-electron chi connectivity index (χ2n) is 18.6. The van der Waals surface area contributed by atoms with Crippen molar-refractivity contribution >= 4 is 89.5 Å². The number of anilines is 2. The van der Waals surface area contributed by atoms with E-state index < -0.39 is 98.8 Å². The molecule has 3 atom stereocenters. The molecule has 3 unspecified atom stereocenters. The van der Waals surface area contributed by atoms with Crippen molar-refractivity contribution in [1.82, 2.24) is 0 Å². The number of aliphatic carboxylic acids is 1. The van der Waals surface area contributed by atoms with Crippen LogP contribution in [0.3, 0.4) is 0 Å². The molecule has 2 heterocycles. The molecule has 0 amide bonds. The van der Waals surface area contributed by atoms with Gasteiger partial charge in [-0.1, -0.05) is 61.9 Å². The van der Waals surface area contributed by atoms with Gasteiger partial charge in [0.1, 0.15) is 9.79 Å². The molecule has 0 bridgehead atoms. The van der Waals surface area contributed by atoms with Gasteiger partial charge in [-0.3, -0.25) is 27.6 Å². The molecule has 75 heavy (non-hydrogen) atoms. The van der Waals surface area contributed by atoms with Crippen LogP contribution in [0, 0.1) is 0 Å². The summed E-state index contributed by atoms with van der Waals surface area (Å²) in [5.41, 5.74) is 0.312. The Kier molecular flexibility index (Phi) is 18.0. The zero-order valence-corrected chi connectivity index (χ0v) is 45.4. The highest BCUT2D eigenvalue weighted by atomic mass is 32.2. The first-order valence-corrected chi connectivity index (χ1v) is 30.9. The predicted octanol–water partition coefficient (Wildman–Crippen LogP) is 7.14. The van der Waals surface area contributed by atoms with Crippen LogP contribution in [-0.2, 0) is 75.7 Å². The quantitative estimate of drug-likeness (QED) is 0.0218. The molecular weight excluding hydrogens is 1080 g/mol. The van der Waals surface area contributed by atoms with E-state index in [-0.39, 0.29) is 60.6 Å². The number of carboxylic acid groups (broad SMARTS) is 1. The summed E-state index contributed by atoms with van der Waals surface area (Å²) < 4.78 is 186. The van der Waals surface area contributed by atoms with E-state index >= 15 is 0 Å². The van der Waals surface area contributed by atoms with Gasteiger partial charge in [0, 0.05) is 71.9 Å². The molecule has 6 rings (SSSR count). The van der Waals surface area contributed by atoms with Gasteiger partial charge in [0.2, 0.25) is 0 Å². The summed E-state index contributed by atoms with van der Waals surface area (Å²) in [5, 5.41) is 9.37. The molecule has 4 aromatic carbocycles. The molecule has 0 fully saturated rings. The number of nitrogens with zero attached hydrogens (tertiary/aromatic N) is 2. The van der Waals surface area contributed by atoms with Crippen molar-refractivity contribution in [3.8, 4) is 0 Å². The number of unbranched alkanes of at least 4 members (excludes halogenated alkanes) is 2. The Morgan fingerprint density at radius 3 is 1.73 bits per heavy atom. The average molecular weight is 1140 g/mol. The number of fused-ring (bicyclic) bond motifs is 6. The molecule has 0 radical (unpaired) electrons. The third-order valence-corrected chi connectivity index (χ3v) is 18.0. The smallest absolute Gasteiger partial charge is 0.303 e. The van der Waals surface area contributed by atoms with Crippen LogP contribution >= 0.6 is 0 Å². The number of ether oxygens (including phenoxy) is 2. The first-order chi connectivity index (χ1) is 34.9. The molecule has 0 aromatic heterocycles. The Balaban J connectivity index is 1.45. The second-order valence-corrected chi connectivity index (χ2v) is 25.8. The highest BCUT2D eigenvalue weighted by Gasteiger charge is 2.48. The number of hydrogen-bond acceptors (Lipinski definition) is 15. The zero-order chi connectivity index (χ0) is 55.5. The first-order valence-electron chi connectivity index (χ1n) is 23.5. The molecule has 21 nitrogen and oxygen atoms in total. The fourth-order valence-corrected chi connectivity index (χ4v) is 13.6. The lowest BCUT2D eigenvalue weighted by atomic mass is 9.74. The third-order valence-electron chi connectivity index (χ3n) is 13.7. The van der Waals surface area contributed by atoms with Crippen LogP contribution in [0.4, 0.5) is 11.4 Å². The molecule has 0 saturated carbocycles. The van der Waals surface area contributed by atoms with Crippen LogP contribution < -0.4 is 9.80 Å². The van der Waals surface area contributed by atoms with E-state index in [1.807, 2.05) is 29.7 Å². The number of carboxylic acids is 1. The van der Waals surface area contributed by atoms with Crippen molar-refractivity contribution < 1.29 is 84.2 Å². The molecule has 26 heteroatoms. The van der Waals surface area contributed by atoms with Crippen molar-refractivity contribution in [3.63, 3.8) is 0 Å². The lowest BCUT2D eigenvalue weighted by molar-refractivity contribution is -0.137. The molecule has 0 saturated heterocycles. The minimum absolute atomic E-state index is 0.00681. The molecule has 4 aromatic rings. The number of allylic oxidation sites excluding steroid dienone is 7. The highest BCUT2D eigenvalue weighted by molar-refractivity contribution is 7.87. The van der Waals surface area contributed by atoms with Gasteiger partial charge in [0.15, 0.2) is 0 Å². The molecule has 2 aliphatic heterocycles. The van der Waals surface area contributed by atoms with Crippen molar-refractivity contribution in [3.05, 3.63) is 108 Å². The van der Waals surface area contributed by atoms with Crippen molar-refractivity contribution in [2.45, 2.75) is 102 Å². The first kappa shape index (κ1) is 59.1. The summed E-state index contributed by atoms with van der Waals surface area (Å²) in [7, 11) is -23.1. The maximum atomic E-state index is 12.7. The maximum absolute atomic E-state index is 12.7. The summed E-state index contributed by atoms with van der Waals surface area (Å²) in [6, 6.07) is 9.20. The van der Waals surface area contributed by atoms with Crippen molar-refractivity contribution in [2.75, 3.05) is 55.6 Å². The summed E-state index contributed by atoms with van der Waals surface area (Å²) in [4.78, 5) is 12.1. The number of methoxy groups -OCH3 is 1. The minimum Gasteiger partial charge on any atom is -0.481 e. The van der Waals surface area contributed by atoms with Gasteiger partial charge in [0.05, 0.1) is 34.8 Å². The number of benzene rings is 4. The van der Waals surface area contributed by atoms with Crippen LogP contribution in [0.15, 0.2) is 116 Å². The van der Waals surface area contributed by atoms with Crippen molar-refractivity contribution in [2.24, 2.45) is 0 Å². The standard InChI is InChI=1S/C49H60N2O19S5/c1-5-50-39-20-18-35-37(29-33(72(57,58)59)31-41(35)74(63,64)65)46(39)49(3,23-25-70-27-26-69-4)43(50)15-10-7-6-8-11-16-44-48(2,22-14-28-71(54,55)56)47-38-30-34(73(60,61)62)32-42(75(66,67)68)36(38)19-21-40(47)51(44)24-13-9-12-17-45(52)53/h6-8,10-11,15-16,18-21,29-32,43H,5,9,12-14,17,22-28H2,1-4H3,(H,52,53)(H,54,55,56)(H,57,58,59)(H,60,61,62)(H,63,64,65)(H,66,67,68). The summed E-state index contributed by atoms with van der Waals surface area (Å²) in [6.45, 7) is 7.00. The van der Waals surface area contributed by atoms with Crippen LogP contribution in [0.2, 0.25) is 0 Å². The Bertz CT molecular complexity index is 3580. The Labute approximate surface area is 437 Å². The lowest BCUT2D eigenvalue weighted by Gasteiger charge is -2.35. The fraction of sp³-hybridized carbons (Fsp3) is 0.408. The summed E-state index contributed by atoms with van der Waals surface area (Å²) in [6.07, 6.45) is 13.5.